The van der Waals surface area contributed by atoms with Crippen molar-refractivity contribution < 1.29 is 14.1 Å². The van der Waals surface area contributed by atoms with E-state index in [9.17, 15) is 4.79 Å². The van der Waals surface area contributed by atoms with Crippen LogP contribution < -0.4 is 15.8 Å². The molecule has 0 spiro atoms. The molecule has 19 heavy (non-hydrogen) atoms. The molecular formula is C12H12N4O3. The first-order chi connectivity index (χ1) is 9.21. The smallest absolute Gasteiger partial charge is 0.240 e. The maximum absolute atomic E-state index is 11.4. The summed E-state index contributed by atoms with van der Waals surface area (Å²) in [6.07, 6.45) is 0.321. The topological polar surface area (TPSA) is 103 Å². The van der Waals surface area contributed by atoms with Gasteiger partial charge in [-0.25, -0.2) is 0 Å². The number of methoxy groups -OCH3 is 1. The number of nitrogens with zero attached hydrogens (tertiary/aromatic N) is 2. The summed E-state index contributed by atoms with van der Waals surface area (Å²) in [6, 6.07) is 3.61. The molecule has 0 radical (unpaired) electrons. The number of hydrogen-bond donors (Lipinski definition) is 2. The zero-order chi connectivity index (χ0) is 13.4. The van der Waals surface area contributed by atoms with E-state index < -0.39 is 0 Å². The van der Waals surface area contributed by atoms with Gasteiger partial charge in [0, 0.05) is 5.56 Å². The lowest BCUT2D eigenvalue weighted by atomic mass is 10.1. The molecule has 0 unspecified atom stereocenters. The van der Waals surface area contributed by atoms with Crippen molar-refractivity contribution in [1.82, 2.24) is 10.1 Å². The molecule has 1 aliphatic heterocycles. The molecule has 0 fully saturated rings. The fraction of sp³-hybridized carbons (Fsp3) is 0.250. The number of nitrogens with one attached hydrogen (secondary N) is 1. The van der Waals surface area contributed by atoms with Gasteiger partial charge in [0.1, 0.15) is 5.75 Å². The predicted octanol–water partition coefficient (Wildman–Crippen LogP) is 0.699. The predicted molar refractivity (Wildman–Crippen MR) is 66.5 cm³/mol. The van der Waals surface area contributed by atoms with E-state index in [1.165, 1.54) is 0 Å². The van der Waals surface area contributed by atoms with Gasteiger partial charge in [0.15, 0.2) is 0 Å². The molecule has 0 aliphatic carbocycles. The monoisotopic (exact) mass is 260 g/mol. The maximum Gasteiger partial charge on any atom is 0.240 e. The van der Waals surface area contributed by atoms with E-state index in [1.54, 1.807) is 13.2 Å². The largest absolute Gasteiger partial charge is 0.495 e. The molecule has 0 saturated heterocycles. The van der Waals surface area contributed by atoms with Gasteiger partial charge < -0.3 is 20.3 Å². The molecule has 3 rings (SSSR count). The first-order valence-electron chi connectivity index (χ1n) is 5.75. The van der Waals surface area contributed by atoms with Crippen LogP contribution in [0.3, 0.4) is 0 Å². The summed E-state index contributed by atoms with van der Waals surface area (Å²) >= 11 is 0. The minimum Gasteiger partial charge on any atom is -0.495 e. The van der Waals surface area contributed by atoms with Crippen LogP contribution in [0.2, 0.25) is 0 Å². The van der Waals surface area contributed by atoms with Gasteiger partial charge in [0.05, 0.1) is 25.8 Å². The third-order valence-electron chi connectivity index (χ3n) is 2.92. The molecule has 2 aromatic rings. The Labute approximate surface area is 108 Å². The van der Waals surface area contributed by atoms with Gasteiger partial charge in [-0.15, -0.1) is 0 Å². The number of amides is 1. The van der Waals surface area contributed by atoms with Crippen LogP contribution in [0.4, 0.5) is 5.69 Å². The van der Waals surface area contributed by atoms with Crippen LogP contribution in [-0.4, -0.2) is 23.2 Å². The van der Waals surface area contributed by atoms with Crippen molar-refractivity contribution in [2.75, 3.05) is 12.4 Å². The van der Waals surface area contributed by atoms with Gasteiger partial charge in [-0.05, 0) is 17.7 Å². The maximum atomic E-state index is 11.4. The Balaban J connectivity index is 2.08. The summed E-state index contributed by atoms with van der Waals surface area (Å²) in [4.78, 5) is 15.6. The standard InChI is InChI=1S/C12H12N4O3/c1-18-8-3-7(12-15-10(5-13)19-16-12)2-6-4-9(17)14-11(6)8/h2-3H,4-5,13H2,1H3,(H,14,17). The van der Waals surface area contributed by atoms with E-state index in [0.29, 0.717) is 29.6 Å². The number of carbonyl (C=O) groups excluding carboxylic acids is 1. The van der Waals surface area contributed by atoms with Gasteiger partial charge >= 0.3 is 0 Å². The zero-order valence-electron chi connectivity index (χ0n) is 10.3. The number of fused-ring (bicyclic) bond motifs is 1. The molecule has 98 valence electrons. The Morgan fingerprint density at radius 3 is 3.05 bits per heavy atom. The van der Waals surface area contributed by atoms with Crippen LogP contribution in [-0.2, 0) is 17.8 Å². The number of ether oxygens (including phenoxy) is 1. The van der Waals surface area contributed by atoms with E-state index in [1.807, 2.05) is 6.07 Å². The lowest BCUT2D eigenvalue weighted by molar-refractivity contribution is -0.115. The Morgan fingerprint density at radius 2 is 2.37 bits per heavy atom. The summed E-state index contributed by atoms with van der Waals surface area (Å²) in [7, 11) is 1.55. The summed E-state index contributed by atoms with van der Waals surface area (Å²) in [6.45, 7) is 0.190. The van der Waals surface area contributed by atoms with E-state index in [4.69, 9.17) is 15.0 Å². The molecule has 1 aliphatic rings. The number of benzene rings is 1. The van der Waals surface area contributed by atoms with E-state index in [2.05, 4.69) is 15.5 Å². The molecular weight excluding hydrogens is 248 g/mol. The number of hydrogen-bond acceptors (Lipinski definition) is 6. The van der Waals surface area contributed by atoms with Crippen LogP contribution in [0.5, 0.6) is 5.75 Å². The Bertz CT molecular complexity index is 650. The third kappa shape index (κ3) is 1.93. The van der Waals surface area contributed by atoms with Crippen molar-refractivity contribution in [3.63, 3.8) is 0 Å². The van der Waals surface area contributed by atoms with Crippen molar-refractivity contribution in [3.8, 4) is 17.1 Å². The molecule has 3 N–H and O–H groups in total. The summed E-state index contributed by atoms with van der Waals surface area (Å²) in [5.74, 6) is 1.32. The lowest BCUT2D eigenvalue weighted by Gasteiger charge is -2.08. The van der Waals surface area contributed by atoms with Crippen molar-refractivity contribution in [2.45, 2.75) is 13.0 Å². The highest BCUT2D eigenvalue weighted by atomic mass is 16.5. The SMILES string of the molecule is COc1cc(-c2noc(CN)n2)cc2c1NC(=O)C2. The minimum absolute atomic E-state index is 0.0544. The lowest BCUT2D eigenvalue weighted by Crippen LogP contribution is -2.04. The van der Waals surface area contributed by atoms with Gasteiger partial charge in [-0.3, -0.25) is 4.79 Å². The van der Waals surface area contributed by atoms with Crippen LogP contribution in [0.25, 0.3) is 11.4 Å². The molecule has 0 atom stereocenters. The molecule has 1 aromatic carbocycles. The number of anilines is 1. The average Bonchev–Trinajstić information content (AvgIpc) is 3.02. The van der Waals surface area contributed by atoms with Gasteiger partial charge in [0.2, 0.25) is 17.6 Å². The molecule has 0 saturated carbocycles. The number of carbonyl (C=O) groups is 1. The van der Waals surface area contributed by atoms with Crippen molar-refractivity contribution in [2.24, 2.45) is 5.73 Å². The van der Waals surface area contributed by atoms with E-state index >= 15 is 0 Å². The minimum atomic E-state index is -0.0544. The molecule has 1 amide bonds. The number of aromatic nitrogens is 2. The van der Waals surface area contributed by atoms with Gasteiger partial charge in [0.25, 0.3) is 0 Å². The van der Waals surface area contributed by atoms with E-state index in [0.717, 1.165) is 11.1 Å². The molecule has 7 nitrogen and oxygen atoms in total. The highest BCUT2D eigenvalue weighted by Crippen LogP contribution is 2.37. The summed E-state index contributed by atoms with van der Waals surface area (Å²) < 4.78 is 10.2. The van der Waals surface area contributed by atoms with Gasteiger partial charge in [-0.2, -0.15) is 4.98 Å². The van der Waals surface area contributed by atoms with Crippen LogP contribution in [0.1, 0.15) is 11.5 Å². The summed E-state index contributed by atoms with van der Waals surface area (Å²) in [5.41, 5.74) is 7.73. The summed E-state index contributed by atoms with van der Waals surface area (Å²) in [5, 5.41) is 6.61. The van der Waals surface area contributed by atoms with Crippen LogP contribution in [0, 0.1) is 0 Å². The highest BCUT2D eigenvalue weighted by Gasteiger charge is 2.23. The van der Waals surface area contributed by atoms with Crippen LogP contribution in [0.15, 0.2) is 16.7 Å². The van der Waals surface area contributed by atoms with Crippen molar-refractivity contribution >= 4 is 11.6 Å². The molecule has 7 heteroatoms. The quantitative estimate of drug-likeness (QED) is 0.841. The zero-order valence-corrected chi connectivity index (χ0v) is 10.3. The first-order valence-corrected chi connectivity index (χ1v) is 5.75. The average molecular weight is 260 g/mol. The highest BCUT2D eigenvalue weighted by molar-refractivity contribution is 6.01. The fourth-order valence-corrected chi connectivity index (χ4v) is 2.06. The molecule has 0 bridgehead atoms. The Kier molecular flexibility index (Phi) is 2.68. The second-order valence-electron chi connectivity index (χ2n) is 4.15. The normalized spacial score (nSPS) is 13.3. The second kappa shape index (κ2) is 4.36. The third-order valence-corrected chi connectivity index (χ3v) is 2.92. The Morgan fingerprint density at radius 1 is 1.53 bits per heavy atom. The van der Waals surface area contributed by atoms with Crippen LogP contribution >= 0.6 is 0 Å². The van der Waals surface area contributed by atoms with Crippen molar-refractivity contribution in [3.05, 3.63) is 23.6 Å². The molecule has 2 heterocycles. The molecule has 1 aromatic heterocycles. The second-order valence-corrected chi connectivity index (χ2v) is 4.15. The number of nitrogens with two attached hydrogens (primary N) is 1. The Hall–Kier alpha value is -2.41. The fourth-order valence-electron chi connectivity index (χ4n) is 2.06. The van der Waals surface area contributed by atoms with Crippen molar-refractivity contribution in [1.29, 1.82) is 0 Å². The van der Waals surface area contributed by atoms with E-state index in [-0.39, 0.29) is 12.5 Å². The van der Waals surface area contributed by atoms with Gasteiger partial charge in [-0.1, -0.05) is 5.16 Å². The first kappa shape index (κ1) is 11.7. The number of rotatable bonds is 3.